The van der Waals surface area contributed by atoms with Gasteiger partial charge in [-0.2, -0.15) is 0 Å². The van der Waals surface area contributed by atoms with Crippen LogP contribution >= 0.6 is 0 Å². The van der Waals surface area contributed by atoms with Crippen LogP contribution in [0.2, 0.25) is 0 Å². The Bertz CT molecular complexity index is 69.2. The summed E-state index contributed by atoms with van der Waals surface area (Å²) in [5.41, 5.74) is 0. The standard InChI is InChI=1S/C4H10.C3H8O.C3H6O/c1-3-4-2;2*1-3(2)4/h3-4H2,1-2H3;3-4H,1-2H3;1-2H3. The first-order valence-electron chi connectivity index (χ1n) is 4.53. The molecule has 0 aromatic heterocycles. The zero-order chi connectivity index (χ0) is 10.6. The summed E-state index contributed by atoms with van der Waals surface area (Å²) >= 11 is 0. The van der Waals surface area contributed by atoms with Crippen LogP contribution in [0.3, 0.4) is 0 Å². The summed E-state index contributed by atoms with van der Waals surface area (Å²) in [6, 6.07) is 0. The average Bonchev–Trinajstić information content (AvgIpc) is 1.85. The first kappa shape index (κ1) is 17.6. The van der Waals surface area contributed by atoms with Gasteiger partial charge in [0.25, 0.3) is 0 Å². The summed E-state index contributed by atoms with van der Waals surface area (Å²) < 4.78 is 0. The van der Waals surface area contributed by atoms with Crippen LogP contribution in [0.1, 0.15) is 54.4 Å². The highest BCUT2D eigenvalue weighted by atomic mass is 16.3. The Labute approximate surface area is 77.0 Å². The molecule has 0 unspecified atom stereocenters. The Kier molecular flexibility index (Phi) is 24.9. The van der Waals surface area contributed by atoms with Crippen LogP contribution in [0.4, 0.5) is 0 Å². The van der Waals surface area contributed by atoms with Gasteiger partial charge >= 0.3 is 0 Å². The van der Waals surface area contributed by atoms with Crippen molar-refractivity contribution >= 4 is 5.78 Å². The molecule has 0 atom stereocenters. The third-order valence-corrected chi connectivity index (χ3v) is 0.500. The molecule has 0 aliphatic rings. The van der Waals surface area contributed by atoms with Gasteiger partial charge < -0.3 is 9.90 Å². The zero-order valence-corrected chi connectivity index (χ0v) is 9.35. The second-order valence-corrected chi connectivity index (χ2v) is 3.00. The lowest BCUT2D eigenvalue weighted by molar-refractivity contribution is -0.114. The van der Waals surface area contributed by atoms with Gasteiger partial charge in [0.1, 0.15) is 5.78 Å². The van der Waals surface area contributed by atoms with Crippen molar-refractivity contribution in [2.45, 2.75) is 60.5 Å². The van der Waals surface area contributed by atoms with Crippen molar-refractivity contribution in [1.82, 2.24) is 0 Å². The second kappa shape index (κ2) is 16.9. The molecule has 0 aliphatic heterocycles. The van der Waals surface area contributed by atoms with Crippen LogP contribution in [0.25, 0.3) is 0 Å². The minimum atomic E-state index is -0.167. The zero-order valence-electron chi connectivity index (χ0n) is 9.35. The molecule has 0 spiro atoms. The van der Waals surface area contributed by atoms with Crippen LogP contribution in [0.5, 0.6) is 0 Å². The van der Waals surface area contributed by atoms with Gasteiger partial charge in [-0.15, -0.1) is 0 Å². The van der Waals surface area contributed by atoms with Crippen LogP contribution in [0, 0.1) is 0 Å². The van der Waals surface area contributed by atoms with Crippen molar-refractivity contribution in [3.05, 3.63) is 0 Å². The van der Waals surface area contributed by atoms with E-state index in [2.05, 4.69) is 13.8 Å². The van der Waals surface area contributed by atoms with E-state index in [1.807, 2.05) is 0 Å². The molecule has 0 rings (SSSR count). The number of carbonyl (C=O) groups is 1. The molecule has 0 bridgehead atoms. The molecule has 0 saturated heterocycles. The van der Waals surface area contributed by atoms with E-state index in [1.165, 1.54) is 26.7 Å². The lowest BCUT2D eigenvalue weighted by Gasteiger charge is -1.80. The van der Waals surface area contributed by atoms with E-state index in [0.29, 0.717) is 0 Å². The topological polar surface area (TPSA) is 37.3 Å². The molecule has 0 aliphatic carbocycles. The number of aliphatic hydroxyl groups is 1. The maximum absolute atomic E-state index is 9.44. The van der Waals surface area contributed by atoms with Crippen molar-refractivity contribution in [3.63, 3.8) is 0 Å². The molecule has 2 nitrogen and oxygen atoms in total. The van der Waals surface area contributed by atoms with Gasteiger partial charge in [-0.05, 0) is 27.7 Å². The number of unbranched alkanes of at least 4 members (excludes halogenated alkanes) is 1. The van der Waals surface area contributed by atoms with Gasteiger partial charge in [-0.25, -0.2) is 0 Å². The van der Waals surface area contributed by atoms with Gasteiger partial charge in [0.2, 0.25) is 0 Å². The number of Topliss-reactive ketones (excluding diaryl/α,β-unsaturated/α-hetero) is 1. The maximum Gasteiger partial charge on any atom is 0.126 e. The highest BCUT2D eigenvalue weighted by molar-refractivity contribution is 5.72. The predicted molar refractivity (Wildman–Crippen MR) is 54.3 cm³/mol. The predicted octanol–water partition coefficient (Wildman–Crippen LogP) is 2.79. The maximum atomic E-state index is 9.44. The minimum Gasteiger partial charge on any atom is -0.394 e. The third-order valence-electron chi connectivity index (χ3n) is 0.500. The SMILES string of the molecule is CC(C)=O.CC(C)O.CCCC. The molecule has 2 heteroatoms. The number of aliphatic hydroxyl groups excluding tert-OH is 1. The van der Waals surface area contributed by atoms with E-state index in [9.17, 15) is 4.79 Å². The van der Waals surface area contributed by atoms with Crippen molar-refractivity contribution in [3.8, 4) is 0 Å². The number of ketones is 1. The summed E-state index contributed by atoms with van der Waals surface area (Å²) in [5.74, 6) is 0.167. The van der Waals surface area contributed by atoms with Gasteiger partial charge in [0, 0.05) is 6.10 Å². The highest BCUT2D eigenvalue weighted by Crippen LogP contribution is 1.76. The summed E-state index contributed by atoms with van der Waals surface area (Å²) in [6.07, 6.45) is 2.47. The third kappa shape index (κ3) is 1810. The molecule has 0 fully saturated rings. The molecular formula is C10H24O2. The molecule has 12 heavy (non-hydrogen) atoms. The lowest BCUT2D eigenvalue weighted by Crippen LogP contribution is -1.85. The minimum absolute atomic E-state index is 0.167. The van der Waals surface area contributed by atoms with E-state index in [1.54, 1.807) is 13.8 Å². The Morgan fingerprint density at radius 1 is 1.17 bits per heavy atom. The van der Waals surface area contributed by atoms with Crippen LogP contribution in [-0.4, -0.2) is 17.0 Å². The van der Waals surface area contributed by atoms with Gasteiger partial charge in [0.05, 0.1) is 0 Å². The molecule has 0 saturated carbocycles. The van der Waals surface area contributed by atoms with E-state index in [0.717, 1.165) is 0 Å². The second-order valence-electron chi connectivity index (χ2n) is 3.00. The van der Waals surface area contributed by atoms with Gasteiger partial charge in [-0.1, -0.05) is 26.7 Å². The molecule has 0 heterocycles. The van der Waals surface area contributed by atoms with E-state index >= 15 is 0 Å². The van der Waals surface area contributed by atoms with Crippen molar-refractivity contribution in [2.24, 2.45) is 0 Å². The largest absolute Gasteiger partial charge is 0.394 e. The van der Waals surface area contributed by atoms with E-state index in [4.69, 9.17) is 5.11 Å². The van der Waals surface area contributed by atoms with Crippen molar-refractivity contribution in [1.29, 1.82) is 0 Å². The van der Waals surface area contributed by atoms with Gasteiger partial charge in [0.15, 0.2) is 0 Å². The van der Waals surface area contributed by atoms with Gasteiger partial charge in [-0.3, -0.25) is 0 Å². The van der Waals surface area contributed by atoms with Crippen LogP contribution in [0.15, 0.2) is 0 Å². The summed E-state index contributed by atoms with van der Waals surface area (Å²) in [5, 5.41) is 8.06. The molecule has 76 valence electrons. The average molecular weight is 176 g/mol. The van der Waals surface area contributed by atoms with Crippen LogP contribution < -0.4 is 0 Å². The summed E-state index contributed by atoms with van der Waals surface area (Å²) in [6.45, 7) is 10.9. The van der Waals surface area contributed by atoms with E-state index in [-0.39, 0.29) is 11.9 Å². The fourth-order valence-corrected chi connectivity index (χ4v) is 0. The number of rotatable bonds is 1. The number of hydrogen-bond acceptors (Lipinski definition) is 2. The van der Waals surface area contributed by atoms with Crippen LogP contribution in [-0.2, 0) is 4.79 Å². The smallest absolute Gasteiger partial charge is 0.126 e. The summed E-state index contributed by atoms with van der Waals surface area (Å²) in [7, 11) is 0. The molecule has 0 radical (unpaired) electrons. The van der Waals surface area contributed by atoms with E-state index < -0.39 is 0 Å². The normalized spacial score (nSPS) is 7.67. The molecule has 0 amide bonds. The monoisotopic (exact) mass is 176 g/mol. The quantitative estimate of drug-likeness (QED) is 0.667. The Morgan fingerprint density at radius 2 is 1.25 bits per heavy atom. The fourth-order valence-electron chi connectivity index (χ4n) is 0. The highest BCUT2D eigenvalue weighted by Gasteiger charge is 1.69. The molecule has 0 aromatic rings. The molecule has 0 aromatic carbocycles. The van der Waals surface area contributed by atoms with Crippen molar-refractivity contribution in [2.75, 3.05) is 0 Å². The molecule has 1 N–H and O–H groups in total. The Morgan fingerprint density at radius 3 is 1.25 bits per heavy atom. The number of carbonyl (C=O) groups excluding carboxylic acids is 1. The first-order valence-corrected chi connectivity index (χ1v) is 4.53. The summed E-state index contributed by atoms with van der Waals surface area (Å²) in [4.78, 5) is 9.44. The van der Waals surface area contributed by atoms with Crippen molar-refractivity contribution < 1.29 is 9.90 Å². The Balaban J connectivity index is -0.000000101. The lowest BCUT2D eigenvalue weighted by atomic mass is 10.4. The fraction of sp³-hybridized carbons (Fsp3) is 0.900. The number of hydrogen-bond donors (Lipinski definition) is 1. The molecular weight excluding hydrogens is 152 g/mol. The first-order chi connectivity index (χ1) is 5.38. The Hall–Kier alpha value is -0.370.